The second-order valence-electron chi connectivity index (χ2n) is 10.8. The first-order valence-corrected chi connectivity index (χ1v) is 16.9. The third kappa shape index (κ3) is 11.8. The molecule has 2 aromatic carbocycles. The van der Waals surface area contributed by atoms with E-state index in [1.165, 1.54) is 76.2 Å². The molecule has 1 heterocycles. The second-order valence-corrected chi connectivity index (χ2v) is 12.1. The number of hydrogen-bond donors (Lipinski definition) is 0. The summed E-state index contributed by atoms with van der Waals surface area (Å²) < 4.78 is 5.99. The van der Waals surface area contributed by atoms with Gasteiger partial charge in [0.15, 0.2) is 0 Å². The van der Waals surface area contributed by atoms with Crippen LogP contribution in [0.4, 0.5) is 5.69 Å². The maximum atomic E-state index is 12.8. The Morgan fingerprint density at radius 1 is 0.875 bits per heavy atom. The number of hydrogen-bond acceptors (Lipinski definition) is 4. The Kier molecular flexibility index (Phi) is 15.5. The molecule has 0 bridgehead atoms. The van der Waals surface area contributed by atoms with Crippen molar-refractivity contribution in [2.75, 3.05) is 17.4 Å². The molecule has 0 unspecified atom stereocenters. The molecule has 220 valence electrons. The molecule has 0 spiro atoms. The predicted molar refractivity (Wildman–Crippen MR) is 173 cm³/mol. The van der Waals surface area contributed by atoms with Crippen LogP contribution in [0.1, 0.15) is 108 Å². The first kappa shape index (κ1) is 32.4. The van der Waals surface area contributed by atoms with Crippen LogP contribution in [0.2, 0.25) is 5.02 Å². The Morgan fingerprint density at radius 2 is 1.50 bits per heavy atom. The Morgan fingerprint density at radius 3 is 2.08 bits per heavy atom. The van der Waals surface area contributed by atoms with E-state index in [0.717, 1.165) is 35.8 Å². The van der Waals surface area contributed by atoms with E-state index in [1.807, 2.05) is 42.2 Å². The summed E-state index contributed by atoms with van der Waals surface area (Å²) in [5.74, 6) is 1.80. The maximum Gasteiger partial charge on any atom is 0.227 e. The molecule has 0 radical (unpaired) electrons. The number of anilines is 1. The molecule has 0 fully saturated rings. The number of carbonyl (C=O) groups excluding carboxylic acids is 1. The van der Waals surface area contributed by atoms with Crippen molar-refractivity contribution >= 4 is 35.0 Å². The van der Waals surface area contributed by atoms with Crippen LogP contribution in [0.3, 0.4) is 0 Å². The van der Waals surface area contributed by atoms with Crippen LogP contribution in [0, 0.1) is 0 Å². The quantitative estimate of drug-likeness (QED) is 0.145. The van der Waals surface area contributed by atoms with Crippen LogP contribution >= 0.6 is 23.4 Å². The van der Waals surface area contributed by atoms with Gasteiger partial charge in [-0.3, -0.25) is 4.79 Å². The van der Waals surface area contributed by atoms with E-state index in [2.05, 4.69) is 35.6 Å². The minimum Gasteiger partial charge on any atom is -0.492 e. The third-order valence-electron chi connectivity index (χ3n) is 7.44. The van der Waals surface area contributed by atoms with Crippen molar-refractivity contribution in [3.63, 3.8) is 0 Å². The fourth-order valence-electron chi connectivity index (χ4n) is 5.01. The molecular formula is C34H49ClN2O2S. The zero-order chi connectivity index (χ0) is 28.4. The highest BCUT2D eigenvalue weighted by Crippen LogP contribution is 2.28. The van der Waals surface area contributed by atoms with Crippen molar-refractivity contribution in [2.24, 2.45) is 0 Å². The van der Waals surface area contributed by atoms with E-state index >= 15 is 0 Å². The Labute approximate surface area is 252 Å². The van der Waals surface area contributed by atoms with Gasteiger partial charge in [0.1, 0.15) is 5.75 Å². The number of ether oxygens (including phenoxy) is 1. The number of rotatable bonds is 20. The van der Waals surface area contributed by atoms with Crippen LogP contribution < -0.4 is 9.64 Å². The SMILES string of the molecule is CCCCCCCCCCCCCCOc1ccc(CN(C(=O)CC)c2ccc(CN3C=CSC3)cc2)cc1Cl. The number of amides is 1. The van der Waals surface area contributed by atoms with Crippen LogP contribution in [0.15, 0.2) is 54.1 Å². The van der Waals surface area contributed by atoms with E-state index in [-0.39, 0.29) is 5.91 Å². The Bertz CT molecular complexity index is 1030. The third-order valence-corrected chi connectivity index (χ3v) is 8.53. The average molecular weight is 585 g/mol. The van der Waals surface area contributed by atoms with E-state index in [9.17, 15) is 4.79 Å². The molecule has 0 aromatic heterocycles. The minimum atomic E-state index is 0.0926. The van der Waals surface area contributed by atoms with Gasteiger partial charge in [-0.15, -0.1) is 11.8 Å². The molecule has 0 saturated carbocycles. The van der Waals surface area contributed by atoms with Gasteiger partial charge in [-0.05, 0) is 47.2 Å². The van der Waals surface area contributed by atoms with E-state index in [4.69, 9.17) is 16.3 Å². The molecule has 1 aliphatic heterocycles. The summed E-state index contributed by atoms with van der Waals surface area (Å²) in [4.78, 5) is 16.9. The first-order valence-electron chi connectivity index (χ1n) is 15.4. The second kappa shape index (κ2) is 19.1. The van der Waals surface area contributed by atoms with Crippen LogP contribution in [-0.4, -0.2) is 23.3 Å². The molecule has 4 nitrogen and oxygen atoms in total. The van der Waals surface area contributed by atoms with Crippen molar-refractivity contribution in [3.8, 4) is 5.75 Å². The zero-order valence-corrected chi connectivity index (χ0v) is 26.3. The topological polar surface area (TPSA) is 32.8 Å². The van der Waals surface area contributed by atoms with Gasteiger partial charge in [0.25, 0.3) is 0 Å². The lowest BCUT2D eigenvalue weighted by Gasteiger charge is -2.24. The monoisotopic (exact) mass is 584 g/mol. The lowest BCUT2D eigenvalue weighted by molar-refractivity contribution is -0.118. The van der Waals surface area contributed by atoms with Crippen LogP contribution in [-0.2, 0) is 17.9 Å². The number of unbranched alkanes of at least 4 members (excludes halogenated alkanes) is 11. The normalized spacial score (nSPS) is 12.7. The highest BCUT2D eigenvalue weighted by molar-refractivity contribution is 8.02. The molecule has 6 heteroatoms. The number of halogens is 1. The summed E-state index contributed by atoms with van der Waals surface area (Å²) in [5, 5.41) is 2.73. The summed E-state index contributed by atoms with van der Waals surface area (Å²) in [7, 11) is 0. The maximum absolute atomic E-state index is 12.8. The summed E-state index contributed by atoms with van der Waals surface area (Å²) in [6.45, 7) is 6.23. The molecule has 0 N–H and O–H groups in total. The summed E-state index contributed by atoms with van der Waals surface area (Å²) in [5.41, 5.74) is 3.13. The molecule has 0 aliphatic carbocycles. The number of carbonyl (C=O) groups is 1. The molecular weight excluding hydrogens is 536 g/mol. The summed E-state index contributed by atoms with van der Waals surface area (Å²) >= 11 is 8.39. The van der Waals surface area contributed by atoms with Gasteiger partial charge in [0, 0.05) is 24.9 Å². The molecule has 3 rings (SSSR count). The average Bonchev–Trinajstić information content (AvgIpc) is 3.48. The molecule has 1 aliphatic rings. The van der Waals surface area contributed by atoms with Crippen molar-refractivity contribution in [1.82, 2.24) is 4.90 Å². The fraction of sp³-hybridized carbons (Fsp3) is 0.559. The van der Waals surface area contributed by atoms with E-state index in [1.54, 1.807) is 11.8 Å². The molecule has 2 aromatic rings. The number of nitrogens with zero attached hydrogens (tertiary/aromatic N) is 2. The van der Waals surface area contributed by atoms with Gasteiger partial charge in [0.2, 0.25) is 5.91 Å². The van der Waals surface area contributed by atoms with E-state index in [0.29, 0.717) is 24.6 Å². The van der Waals surface area contributed by atoms with Gasteiger partial charge in [-0.25, -0.2) is 0 Å². The molecule has 1 amide bonds. The van der Waals surface area contributed by atoms with Gasteiger partial charge in [-0.2, -0.15) is 0 Å². The number of benzene rings is 2. The highest BCUT2D eigenvalue weighted by Gasteiger charge is 2.16. The van der Waals surface area contributed by atoms with Crippen molar-refractivity contribution in [3.05, 3.63) is 70.2 Å². The van der Waals surface area contributed by atoms with Gasteiger partial charge in [0.05, 0.1) is 24.1 Å². The summed E-state index contributed by atoms with van der Waals surface area (Å²) in [6.07, 6.45) is 18.5. The zero-order valence-electron chi connectivity index (χ0n) is 24.7. The molecule has 0 saturated heterocycles. The Balaban J connectivity index is 1.38. The van der Waals surface area contributed by atoms with Gasteiger partial charge < -0.3 is 14.5 Å². The van der Waals surface area contributed by atoms with E-state index < -0.39 is 0 Å². The smallest absolute Gasteiger partial charge is 0.227 e. The summed E-state index contributed by atoms with van der Waals surface area (Å²) in [6, 6.07) is 14.2. The molecule has 0 atom stereocenters. The predicted octanol–water partition coefficient (Wildman–Crippen LogP) is 10.3. The van der Waals surface area contributed by atoms with Crippen molar-refractivity contribution < 1.29 is 9.53 Å². The molecule has 40 heavy (non-hydrogen) atoms. The lowest BCUT2D eigenvalue weighted by atomic mass is 10.1. The minimum absolute atomic E-state index is 0.0926. The standard InChI is InChI=1S/C34H49ClN2O2S/c1-3-5-6-7-8-9-10-11-12-13-14-15-23-39-33-21-18-30(25-32(33)35)27-37(34(38)4-2)31-19-16-29(17-20-31)26-36-22-24-40-28-36/h16-22,24-25H,3-15,23,26-28H2,1-2H3. The fourth-order valence-corrected chi connectivity index (χ4v) is 5.98. The largest absolute Gasteiger partial charge is 0.492 e. The van der Waals surface area contributed by atoms with Crippen molar-refractivity contribution in [1.29, 1.82) is 0 Å². The van der Waals surface area contributed by atoms with Gasteiger partial charge in [-0.1, -0.05) is 114 Å². The van der Waals surface area contributed by atoms with Gasteiger partial charge >= 0.3 is 0 Å². The van der Waals surface area contributed by atoms with Crippen molar-refractivity contribution in [2.45, 2.75) is 110 Å². The first-order chi connectivity index (χ1) is 19.6. The van der Waals surface area contributed by atoms with Crippen LogP contribution in [0.5, 0.6) is 5.75 Å². The van der Waals surface area contributed by atoms with Crippen LogP contribution in [0.25, 0.3) is 0 Å². The number of thioether (sulfide) groups is 1. The lowest BCUT2D eigenvalue weighted by Crippen LogP contribution is -2.29. The Hall–Kier alpha value is -2.11. The highest BCUT2D eigenvalue weighted by atomic mass is 35.5.